The molecule has 0 fully saturated rings. The van der Waals surface area contributed by atoms with Crippen molar-refractivity contribution in [1.29, 1.82) is 0 Å². The number of pyridine rings is 2. The molecule has 16 heavy (non-hydrogen) atoms. The number of halogens is 2. The second kappa shape index (κ2) is 4.81. The lowest BCUT2D eigenvalue weighted by Gasteiger charge is -2.05. The Hall–Kier alpha value is -1.12. The summed E-state index contributed by atoms with van der Waals surface area (Å²) >= 11 is 11.5. The van der Waals surface area contributed by atoms with Gasteiger partial charge in [-0.25, -0.2) is 4.98 Å². The van der Waals surface area contributed by atoms with Crippen molar-refractivity contribution in [3.63, 3.8) is 0 Å². The highest BCUT2D eigenvalue weighted by Crippen LogP contribution is 2.20. The zero-order valence-corrected chi connectivity index (χ0v) is 10.3. The summed E-state index contributed by atoms with van der Waals surface area (Å²) in [5.74, 6) is 0.484. The SMILES string of the molecule is Cc1nc(-c2ccc(Cl)nc2)ccc1CCl. The van der Waals surface area contributed by atoms with E-state index in [2.05, 4.69) is 9.97 Å². The van der Waals surface area contributed by atoms with Crippen LogP contribution in [-0.2, 0) is 5.88 Å². The summed E-state index contributed by atoms with van der Waals surface area (Å²) in [7, 11) is 0. The van der Waals surface area contributed by atoms with Gasteiger partial charge < -0.3 is 0 Å². The van der Waals surface area contributed by atoms with Gasteiger partial charge in [0.05, 0.1) is 5.69 Å². The van der Waals surface area contributed by atoms with Crippen LogP contribution < -0.4 is 0 Å². The standard InChI is InChI=1S/C12H10Cl2N2/c1-8-9(6-13)2-4-11(16-8)10-3-5-12(14)15-7-10/h2-5,7H,6H2,1H3. The minimum absolute atomic E-state index is 0.484. The second-order valence-electron chi connectivity index (χ2n) is 3.44. The van der Waals surface area contributed by atoms with Crippen molar-refractivity contribution >= 4 is 23.2 Å². The number of hydrogen-bond acceptors (Lipinski definition) is 2. The second-order valence-corrected chi connectivity index (χ2v) is 4.10. The van der Waals surface area contributed by atoms with Gasteiger partial charge in [0.2, 0.25) is 0 Å². The Kier molecular flexibility index (Phi) is 3.42. The molecular weight excluding hydrogens is 243 g/mol. The molecule has 2 aromatic heterocycles. The van der Waals surface area contributed by atoms with Gasteiger partial charge in [0.25, 0.3) is 0 Å². The first-order valence-corrected chi connectivity index (χ1v) is 5.76. The summed E-state index contributed by atoms with van der Waals surface area (Å²) in [6.07, 6.45) is 1.71. The van der Waals surface area contributed by atoms with E-state index >= 15 is 0 Å². The van der Waals surface area contributed by atoms with Crippen LogP contribution in [0.25, 0.3) is 11.3 Å². The summed E-state index contributed by atoms with van der Waals surface area (Å²) in [6.45, 7) is 1.95. The third-order valence-corrected chi connectivity index (χ3v) is 2.87. The van der Waals surface area contributed by atoms with Crippen LogP contribution in [0, 0.1) is 6.92 Å². The minimum Gasteiger partial charge on any atom is -0.253 e. The van der Waals surface area contributed by atoms with Crippen molar-refractivity contribution < 1.29 is 0 Å². The van der Waals surface area contributed by atoms with Gasteiger partial charge in [-0.2, -0.15) is 0 Å². The van der Waals surface area contributed by atoms with Gasteiger partial charge in [-0.3, -0.25) is 4.98 Å². The van der Waals surface area contributed by atoms with E-state index < -0.39 is 0 Å². The smallest absolute Gasteiger partial charge is 0.129 e. The Morgan fingerprint density at radius 1 is 1.19 bits per heavy atom. The van der Waals surface area contributed by atoms with E-state index in [0.717, 1.165) is 22.5 Å². The Morgan fingerprint density at radius 2 is 2.00 bits per heavy atom. The highest BCUT2D eigenvalue weighted by atomic mass is 35.5. The molecule has 0 amide bonds. The Labute approximate surface area is 104 Å². The fourth-order valence-corrected chi connectivity index (χ4v) is 1.81. The summed E-state index contributed by atoms with van der Waals surface area (Å²) in [5, 5.41) is 0.484. The number of aromatic nitrogens is 2. The van der Waals surface area contributed by atoms with E-state index in [0.29, 0.717) is 11.0 Å². The lowest BCUT2D eigenvalue weighted by molar-refractivity contribution is 1.14. The molecular formula is C12H10Cl2N2. The van der Waals surface area contributed by atoms with Gasteiger partial charge in [-0.15, -0.1) is 11.6 Å². The van der Waals surface area contributed by atoms with Gasteiger partial charge in [0.15, 0.2) is 0 Å². The highest BCUT2D eigenvalue weighted by molar-refractivity contribution is 6.29. The normalized spacial score (nSPS) is 10.4. The van der Waals surface area contributed by atoms with Gasteiger partial charge >= 0.3 is 0 Å². The molecule has 0 bridgehead atoms. The summed E-state index contributed by atoms with van der Waals surface area (Å²) < 4.78 is 0. The minimum atomic E-state index is 0.484. The molecule has 0 aliphatic carbocycles. The van der Waals surface area contributed by atoms with Gasteiger partial charge in [0, 0.05) is 23.3 Å². The van der Waals surface area contributed by atoms with Crippen LogP contribution in [0.5, 0.6) is 0 Å². The first kappa shape index (κ1) is 11.4. The first-order chi connectivity index (χ1) is 7.70. The molecule has 4 heteroatoms. The molecule has 0 aromatic carbocycles. The Balaban J connectivity index is 2.41. The molecule has 0 saturated heterocycles. The molecule has 0 N–H and O–H groups in total. The van der Waals surface area contributed by atoms with Crippen molar-refractivity contribution in [3.05, 3.63) is 46.9 Å². The monoisotopic (exact) mass is 252 g/mol. The highest BCUT2D eigenvalue weighted by Gasteiger charge is 2.03. The molecule has 2 nitrogen and oxygen atoms in total. The lowest BCUT2D eigenvalue weighted by Crippen LogP contribution is -1.92. The zero-order valence-electron chi connectivity index (χ0n) is 8.74. The summed E-state index contributed by atoms with van der Waals surface area (Å²) in [4.78, 5) is 8.50. The van der Waals surface area contributed by atoms with Crippen LogP contribution in [0.2, 0.25) is 5.15 Å². The van der Waals surface area contributed by atoms with E-state index in [1.807, 2.05) is 25.1 Å². The molecule has 0 radical (unpaired) electrons. The average Bonchev–Trinajstić information content (AvgIpc) is 2.30. The van der Waals surface area contributed by atoms with E-state index in [1.165, 1.54) is 0 Å². The lowest BCUT2D eigenvalue weighted by atomic mass is 10.1. The topological polar surface area (TPSA) is 25.8 Å². The molecule has 2 aromatic rings. The molecule has 0 aliphatic heterocycles. The maximum absolute atomic E-state index is 5.78. The van der Waals surface area contributed by atoms with Crippen LogP contribution in [0.1, 0.15) is 11.3 Å². The Bertz CT molecular complexity index is 495. The van der Waals surface area contributed by atoms with Crippen LogP contribution in [0.4, 0.5) is 0 Å². The molecule has 0 atom stereocenters. The first-order valence-electron chi connectivity index (χ1n) is 4.85. The molecule has 0 saturated carbocycles. The molecule has 0 spiro atoms. The number of aryl methyl sites for hydroxylation is 1. The summed E-state index contributed by atoms with van der Waals surface area (Å²) in [6, 6.07) is 7.58. The predicted molar refractivity (Wildman–Crippen MR) is 66.8 cm³/mol. The number of nitrogens with zero attached hydrogens (tertiary/aromatic N) is 2. The third kappa shape index (κ3) is 2.34. The molecule has 82 valence electrons. The quantitative estimate of drug-likeness (QED) is 0.600. The number of hydrogen-bond donors (Lipinski definition) is 0. The molecule has 2 rings (SSSR count). The largest absolute Gasteiger partial charge is 0.253 e. The number of rotatable bonds is 2. The van der Waals surface area contributed by atoms with E-state index in [-0.39, 0.29) is 0 Å². The van der Waals surface area contributed by atoms with E-state index in [9.17, 15) is 0 Å². The average molecular weight is 253 g/mol. The van der Waals surface area contributed by atoms with Crippen molar-refractivity contribution in [2.24, 2.45) is 0 Å². The maximum Gasteiger partial charge on any atom is 0.129 e. The fourth-order valence-electron chi connectivity index (χ4n) is 1.42. The van der Waals surface area contributed by atoms with E-state index in [4.69, 9.17) is 23.2 Å². The van der Waals surface area contributed by atoms with Crippen LogP contribution in [0.15, 0.2) is 30.5 Å². The van der Waals surface area contributed by atoms with Crippen LogP contribution in [0.3, 0.4) is 0 Å². The van der Waals surface area contributed by atoms with Crippen molar-refractivity contribution in [1.82, 2.24) is 9.97 Å². The van der Waals surface area contributed by atoms with Crippen molar-refractivity contribution in [2.45, 2.75) is 12.8 Å². The molecule has 0 aliphatic rings. The van der Waals surface area contributed by atoms with Gasteiger partial charge in [0.1, 0.15) is 5.15 Å². The number of alkyl halides is 1. The van der Waals surface area contributed by atoms with Crippen molar-refractivity contribution in [2.75, 3.05) is 0 Å². The van der Waals surface area contributed by atoms with Crippen LogP contribution >= 0.6 is 23.2 Å². The van der Waals surface area contributed by atoms with Gasteiger partial charge in [-0.1, -0.05) is 17.7 Å². The molecule has 2 heterocycles. The third-order valence-electron chi connectivity index (χ3n) is 2.36. The van der Waals surface area contributed by atoms with Crippen molar-refractivity contribution in [3.8, 4) is 11.3 Å². The predicted octanol–water partition coefficient (Wildman–Crippen LogP) is 3.84. The molecule has 0 unspecified atom stereocenters. The Morgan fingerprint density at radius 3 is 2.56 bits per heavy atom. The van der Waals surface area contributed by atoms with E-state index in [1.54, 1.807) is 12.3 Å². The van der Waals surface area contributed by atoms with Gasteiger partial charge in [-0.05, 0) is 30.7 Å². The zero-order chi connectivity index (χ0) is 11.5. The fraction of sp³-hybridized carbons (Fsp3) is 0.167. The summed E-state index contributed by atoms with van der Waals surface area (Å²) in [5.41, 5.74) is 3.83. The van der Waals surface area contributed by atoms with Crippen LogP contribution in [-0.4, -0.2) is 9.97 Å². The maximum atomic E-state index is 5.78.